The van der Waals surface area contributed by atoms with Crippen molar-refractivity contribution in [1.82, 2.24) is 5.32 Å². The average Bonchev–Trinajstić information content (AvgIpc) is 2.73. The predicted octanol–water partition coefficient (Wildman–Crippen LogP) is 2.36. The molecule has 0 aromatic heterocycles. The van der Waals surface area contributed by atoms with Gasteiger partial charge in [0.1, 0.15) is 0 Å². The molecule has 1 aliphatic rings. The van der Waals surface area contributed by atoms with E-state index in [1.165, 1.54) is 42.6 Å². The third-order valence-corrected chi connectivity index (χ3v) is 3.40. The second-order valence-corrected chi connectivity index (χ2v) is 5.01. The van der Waals surface area contributed by atoms with E-state index in [-0.39, 0.29) is 0 Å². The minimum Gasteiger partial charge on any atom is -0.377 e. The summed E-state index contributed by atoms with van der Waals surface area (Å²) < 4.78 is 0. The van der Waals surface area contributed by atoms with Crippen LogP contribution in [0.25, 0.3) is 0 Å². The Balaban J connectivity index is 2.12. The lowest BCUT2D eigenvalue weighted by Gasteiger charge is -2.18. The minimum absolute atomic E-state index is 0.692. The lowest BCUT2D eigenvalue weighted by molar-refractivity contribution is 0.603. The van der Waals surface area contributed by atoms with E-state index in [9.17, 15) is 0 Å². The topological polar surface area (TPSA) is 15.3 Å². The molecule has 0 aliphatic carbocycles. The molecule has 2 rings (SSSR count). The smallest absolute Gasteiger partial charge is 0.0393 e. The van der Waals surface area contributed by atoms with Crippen LogP contribution in [0.15, 0.2) is 18.2 Å². The average molecular weight is 218 g/mol. The van der Waals surface area contributed by atoms with Gasteiger partial charge in [-0.1, -0.05) is 12.1 Å². The zero-order valence-corrected chi connectivity index (χ0v) is 10.6. The first kappa shape index (κ1) is 11.5. The van der Waals surface area contributed by atoms with E-state index in [1.54, 1.807) is 0 Å². The molecule has 1 aromatic carbocycles. The van der Waals surface area contributed by atoms with E-state index in [0.29, 0.717) is 6.04 Å². The van der Waals surface area contributed by atoms with Gasteiger partial charge in [0.2, 0.25) is 0 Å². The Kier molecular flexibility index (Phi) is 3.49. The third kappa shape index (κ3) is 2.56. The van der Waals surface area contributed by atoms with E-state index < -0.39 is 0 Å². The highest BCUT2D eigenvalue weighted by atomic mass is 15.1. The Labute approximate surface area is 98.7 Å². The lowest BCUT2D eigenvalue weighted by Crippen LogP contribution is -2.23. The van der Waals surface area contributed by atoms with Gasteiger partial charge in [-0.15, -0.1) is 0 Å². The van der Waals surface area contributed by atoms with Crippen LogP contribution in [0, 0.1) is 6.92 Å². The molecule has 88 valence electrons. The van der Waals surface area contributed by atoms with Crippen LogP contribution in [0.1, 0.15) is 24.0 Å². The van der Waals surface area contributed by atoms with Crippen LogP contribution < -0.4 is 10.2 Å². The predicted molar refractivity (Wildman–Crippen MR) is 70.2 cm³/mol. The number of benzene rings is 1. The molecule has 16 heavy (non-hydrogen) atoms. The van der Waals surface area contributed by atoms with Gasteiger partial charge >= 0.3 is 0 Å². The zero-order chi connectivity index (χ0) is 11.5. The summed E-state index contributed by atoms with van der Waals surface area (Å²) in [5.41, 5.74) is 4.15. The zero-order valence-electron chi connectivity index (χ0n) is 10.6. The van der Waals surface area contributed by atoms with Gasteiger partial charge < -0.3 is 10.2 Å². The van der Waals surface area contributed by atoms with Gasteiger partial charge in [0.25, 0.3) is 0 Å². The molecule has 2 nitrogen and oxygen atoms in total. The van der Waals surface area contributed by atoms with Gasteiger partial charge in [-0.05, 0) is 49.9 Å². The molecular formula is C14H22N2. The van der Waals surface area contributed by atoms with Crippen molar-refractivity contribution in [1.29, 1.82) is 0 Å². The largest absolute Gasteiger partial charge is 0.377 e. The molecule has 1 aromatic rings. The Bertz CT molecular complexity index is 352. The molecule has 2 heteroatoms. The highest BCUT2D eigenvalue weighted by Crippen LogP contribution is 2.21. The molecule has 1 atom stereocenters. The van der Waals surface area contributed by atoms with Gasteiger partial charge in [-0.2, -0.15) is 0 Å². The maximum absolute atomic E-state index is 3.55. The second-order valence-electron chi connectivity index (χ2n) is 5.01. The third-order valence-electron chi connectivity index (χ3n) is 3.40. The maximum Gasteiger partial charge on any atom is 0.0393 e. The first-order chi connectivity index (χ1) is 7.66. The maximum atomic E-state index is 3.55. The lowest BCUT2D eigenvalue weighted by atomic mass is 10.0. The molecule has 1 N–H and O–H groups in total. The summed E-state index contributed by atoms with van der Waals surface area (Å²) in [6, 6.07) is 7.52. The molecule has 1 heterocycles. The van der Waals surface area contributed by atoms with Gasteiger partial charge in [-0.25, -0.2) is 0 Å². The number of hydrogen-bond donors (Lipinski definition) is 1. The Morgan fingerprint density at radius 2 is 2.19 bits per heavy atom. The highest BCUT2D eigenvalue weighted by molar-refractivity contribution is 5.54. The molecule has 1 aliphatic heterocycles. The molecule has 0 amide bonds. The van der Waals surface area contributed by atoms with E-state index in [0.717, 1.165) is 0 Å². The summed E-state index contributed by atoms with van der Waals surface area (Å²) >= 11 is 0. The van der Waals surface area contributed by atoms with Crippen LogP contribution >= 0.6 is 0 Å². The van der Waals surface area contributed by atoms with Crippen LogP contribution in [0.4, 0.5) is 5.69 Å². The monoisotopic (exact) mass is 218 g/mol. The molecule has 0 spiro atoms. The van der Waals surface area contributed by atoms with Crippen molar-refractivity contribution in [3.8, 4) is 0 Å². The summed E-state index contributed by atoms with van der Waals surface area (Å²) in [6.45, 7) is 3.37. The number of nitrogens with zero attached hydrogens (tertiary/aromatic N) is 1. The van der Waals surface area contributed by atoms with Crippen LogP contribution in [0.5, 0.6) is 0 Å². The molecule has 0 radical (unpaired) electrons. The number of nitrogens with one attached hydrogen (secondary N) is 1. The fourth-order valence-electron chi connectivity index (χ4n) is 2.48. The van der Waals surface area contributed by atoms with E-state index in [4.69, 9.17) is 0 Å². The fraction of sp³-hybridized carbons (Fsp3) is 0.571. The number of rotatable bonds is 3. The van der Waals surface area contributed by atoms with Crippen LogP contribution in [-0.4, -0.2) is 26.7 Å². The summed E-state index contributed by atoms with van der Waals surface area (Å²) in [5.74, 6) is 0. The van der Waals surface area contributed by atoms with Gasteiger partial charge in [0.05, 0.1) is 0 Å². The Morgan fingerprint density at radius 3 is 2.81 bits per heavy atom. The fourth-order valence-corrected chi connectivity index (χ4v) is 2.48. The SMILES string of the molecule is Cc1ccc(CC2CCCN2)cc1N(C)C. The molecular weight excluding hydrogens is 196 g/mol. The second kappa shape index (κ2) is 4.88. The van der Waals surface area contributed by atoms with Crippen LogP contribution in [0.2, 0.25) is 0 Å². The molecule has 0 saturated carbocycles. The summed E-state index contributed by atoms with van der Waals surface area (Å²) in [6.07, 6.45) is 3.82. The number of hydrogen-bond acceptors (Lipinski definition) is 2. The van der Waals surface area contributed by atoms with Crippen LogP contribution in [0.3, 0.4) is 0 Å². The van der Waals surface area contributed by atoms with Gasteiger partial charge in [-0.3, -0.25) is 0 Å². The van der Waals surface area contributed by atoms with E-state index in [2.05, 4.69) is 49.4 Å². The summed E-state index contributed by atoms with van der Waals surface area (Å²) in [7, 11) is 4.22. The van der Waals surface area contributed by atoms with Crippen molar-refractivity contribution in [2.75, 3.05) is 25.5 Å². The minimum atomic E-state index is 0.692. The van der Waals surface area contributed by atoms with Crippen molar-refractivity contribution in [3.63, 3.8) is 0 Å². The molecule has 1 unspecified atom stereocenters. The Hall–Kier alpha value is -1.02. The van der Waals surface area contributed by atoms with Crippen molar-refractivity contribution in [2.45, 2.75) is 32.2 Å². The Morgan fingerprint density at radius 1 is 1.38 bits per heavy atom. The number of anilines is 1. The standard InChI is InChI=1S/C14H22N2/c1-11-6-7-12(10-14(11)16(2)3)9-13-5-4-8-15-13/h6-7,10,13,15H,4-5,8-9H2,1-3H3. The summed E-state index contributed by atoms with van der Waals surface area (Å²) in [4.78, 5) is 2.20. The first-order valence-corrected chi connectivity index (χ1v) is 6.17. The molecule has 0 bridgehead atoms. The quantitative estimate of drug-likeness (QED) is 0.838. The summed E-state index contributed by atoms with van der Waals surface area (Å²) in [5, 5.41) is 3.55. The van der Waals surface area contributed by atoms with Crippen molar-refractivity contribution < 1.29 is 0 Å². The molecule has 1 fully saturated rings. The van der Waals surface area contributed by atoms with E-state index >= 15 is 0 Å². The highest BCUT2D eigenvalue weighted by Gasteiger charge is 2.14. The number of aryl methyl sites for hydroxylation is 1. The van der Waals surface area contributed by atoms with Crippen LogP contribution in [-0.2, 0) is 6.42 Å². The molecule has 1 saturated heterocycles. The van der Waals surface area contributed by atoms with Crippen molar-refractivity contribution >= 4 is 5.69 Å². The van der Waals surface area contributed by atoms with E-state index in [1.807, 2.05) is 0 Å². The normalized spacial score (nSPS) is 20.1. The first-order valence-electron chi connectivity index (χ1n) is 6.17. The van der Waals surface area contributed by atoms with Gasteiger partial charge in [0, 0.05) is 25.8 Å². The van der Waals surface area contributed by atoms with Gasteiger partial charge in [0.15, 0.2) is 0 Å². The van der Waals surface area contributed by atoms with Crippen molar-refractivity contribution in [2.24, 2.45) is 0 Å². The van der Waals surface area contributed by atoms with Crippen molar-refractivity contribution in [3.05, 3.63) is 29.3 Å².